The van der Waals surface area contributed by atoms with Crippen molar-refractivity contribution in [3.63, 3.8) is 0 Å². The smallest absolute Gasteiger partial charge is 0.410 e. The molecule has 1 amide bonds. The zero-order chi connectivity index (χ0) is 12.9. The van der Waals surface area contributed by atoms with E-state index < -0.39 is 5.60 Å². The Morgan fingerprint density at radius 1 is 1.47 bits per heavy atom. The SMILES string of the molecule is CCN(C[C@H]1CCCNC1)C(=O)OC(C)(C)C. The standard InChI is InChI=1S/C13H26N2O2/c1-5-15(12(16)17-13(2,3)4)10-11-7-6-8-14-9-11/h11,14H,5-10H2,1-4H3/t11-/m0/s1. The van der Waals surface area contributed by atoms with E-state index in [9.17, 15) is 4.79 Å². The molecule has 1 saturated heterocycles. The molecule has 1 heterocycles. The van der Waals surface area contributed by atoms with Gasteiger partial charge in [0.15, 0.2) is 0 Å². The Labute approximate surface area is 105 Å². The second kappa shape index (κ2) is 6.24. The molecule has 1 atom stereocenters. The molecule has 0 bridgehead atoms. The maximum atomic E-state index is 11.9. The highest BCUT2D eigenvalue weighted by Crippen LogP contribution is 2.15. The van der Waals surface area contributed by atoms with Gasteiger partial charge in [0.1, 0.15) is 5.60 Å². The molecule has 0 spiro atoms. The molecule has 1 aliphatic heterocycles. The van der Waals surface area contributed by atoms with E-state index in [4.69, 9.17) is 4.74 Å². The normalized spacial score (nSPS) is 21.1. The van der Waals surface area contributed by atoms with E-state index in [-0.39, 0.29) is 6.09 Å². The van der Waals surface area contributed by atoms with Crippen LogP contribution < -0.4 is 5.32 Å². The number of nitrogens with zero attached hydrogens (tertiary/aromatic N) is 1. The van der Waals surface area contributed by atoms with Crippen molar-refractivity contribution in [3.8, 4) is 0 Å². The molecule has 1 aliphatic rings. The van der Waals surface area contributed by atoms with Crippen molar-refractivity contribution in [1.29, 1.82) is 0 Å². The lowest BCUT2D eigenvalue weighted by Crippen LogP contribution is -2.43. The Bertz CT molecular complexity index is 242. The number of carbonyl (C=O) groups excluding carboxylic acids is 1. The molecular formula is C13H26N2O2. The average molecular weight is 242 g/mol. The van der Waals surface area contributed by atoms with Crippen molar-refractivity contribution in [2.24, 2.45) is 5.92 Å². The second-order valence-electron chi connectivity index (χ2n) is 5.73. The van der Waals surface area contributed by atoms with Crippen LogP contribution in [-0.4, -0.2) is 42.8 Å². The van der Waals surface area contributed by atoms with Crippen LogP contribution in [0.15, 0.2) is 0 Å². The maximum absolute atomic E-state index is 11.9. The van der Waals surface area contributed by atoms with Gasteiger partial charge in [0.2, 0.25) is 0 Å². The molecule has 100 valence electrons. The summed E-state index contributed by atoms with van der Waals surface area (Å²) in [6.07, 6.45) is 2.22. The van der Waals surface area contributed by atoms with Crippen LogP contribution in [0.5, 0.6) is 0 Å². The molecule has 1 rings (SSSR count). The minimum atomic E-state index is -0.407. The van der Waals surface area contributed by atoms with Crippen molar-refractivity contribution < 1.29 is 9.53 Å². The lowest BCUT2D eigenvalue weighted by molar-refractivity contribution is 0.0224. The van der Waals surface area contributed by atoms with E-state index in [0.717, 1.165) is 19.6 Å². The van der Waals surface area contributed by atoms with E-state index in [1.807, 2.05) is 32.6 Å². The summed E-state index contributed by atoms with van der Waals surface area (Å²) >= 11 is 0. The minimum absolute atomic E-state index is 0.189. The summed E-state index contributed by atoms with van der Waals surface area (Å²) in [5, 5.41) is 3.37. The maximum Gasteiger partial charge on any atom is 0.410 e. The number of piperidine rings is 1. The van der Waals surface area contributed by atoms with Gasteiger partial charge in [-0.3, -0.25) is 0 Å². The van der Waals surface area contributed by atoms with Crippen LogP contribution in [0.1, 0.15) is 40.5 Å². The van der Waals surface area contributed by atoms with Gasteiger partial charge < -0.3 is 15.0 Å². The molecular weight excluding hydrogens is 216 g/mol. The largest absolute Gasteiger partial charge is 0.444 e. The highest BCUT2D eigenvalue weighted by molar-refractivity contribution is 5.68. The van der Waals surface area contributed by atoms with Crippen LogP contribution in [0, 0.1) is 5.92 Å². The van der Waals surface area contributed by atoms with E-state index in [1.165, 1.54) is 12.8 Å². The van der Waals surface area contributed by atoms with Gasteiger partial charge in [-0.2, -0.15) is 0 Å². The van der Waals surface area contributed by atoms with Gasteiger partial charge in [-0.05, 0) is 59.5 Å². The first-order valence-electron chi connectivity index (χ1n) is 6.61. The summed E-state index contributed by atoms with van der Waals surface area (Å²) in [5.41, 5.74) is -0.407. The second-order valence-corrected chi connectivity index (χ2v) is 5.73. The predicted molar refractivity (Wildman–Crippen MR) is 69.1 cm³/mol. The minimum Gasteiger partial charge on any atom is -0.444 e. The van der Waals surface area contributed by atoms with Crippen LogP contribution in [-0.2, 0) is 4.74 Å². The first-order valence-corrected chi connectivity index (χ1v) is 6.61. The lowest BCUT2D eigenvalue weighted by atomic mass is 9.99. The number of carbonyl (C=O) groups is 1. The third kappa shape index (κ3) is 5.39. The van der Waals surface area contributed by atoms with Crippen LogP contribution in [0.25, 0.3) is 0 Å². The van der Waals surface area contributed by atoms with Gasteiger partial charge >= 0.3 is 6.09 Å². The van der Waals surface area contributed by atoms with Gasteiger partial charge in [0, 0.05) is 13.1 Å². The third-order valence-electron chi connectivity index (χ3n) is 2.91. The summed E-state index contributed by atoms with van der Waals surface area (Å²) in [7, 11) is 0. The molecule has 0 aromatic rings. The monoisotopic (exact) mass is 242 g/mol. The van der Waals surface area contributed by atoms with Crippen LogP contribution in [0.4, 0.5) is 4.79 Å². The van der Waals surface area contributed by atoms with Crippen molar-refractivity contribution in [2.45, 2.75) is 46.1 Å². The molecule has 4 nitrogen and oxygen atoms in total. The fourth-order valence-electron chi connectivity index (χ4n) is 2.05. The molecule has 0 aromatic heterocycles. The van der Waals surface area contributed by atoms with Crippen molar-refractivity contribution in [2.75, 3.05) is 26.2 Å². The number of hydrogen-bond acceptors (Lipinski definition) is 3. The fraction of sp³-hybridized carbons (Fsp3) is 0.923. The highest BCUT2D eigenvalue weighted by Gasteiger charge is 2.24. The van der Waals surface area contributed by atoms with Crippen molar-refractivity contribution >= 4 is 6.09 Å². The zero-order valence-corrected chi connectivity index (χ0v) is 11.6. The number of nitrogens with one attached hydrogen (secondary N) is 1. The summed E-state index contributed by atoms with van der Waals surface area (Å²) in [6, 6.07) is 0. The van der Waals surface area contributed by atoms with Crippen molar-refractivity contribution in [3.05, 3.63) is 0 Å². The summed E-state index contributed by atoms with van der Waals surface area (Å²) in [4.78, 5) is 13.8. The zero-order valence-electron chi connectivity index (χ0n) is 11.6. The average Bonchev–Trinajstić information content (AvgIpc) is 2.24. The predicted octanol–water partition coefficient (Wildman–Crippen LogP) is 2.24. The van der Waals surface area contributed by atoms with E-state index >= 15 is 0 Å². The molecule has 1 fully saturated rings. The van der Waals surface area contributed by atoms with Crippen LogP contribution in [0.2, 0.25) is 0 Å². The molecule has 1 N–H and O–H groups in total. The molecule has 0 aliphatic carbocycles. The fourth-order valence-corrected chi connectivity index (χ4v) is 2.05. The van der Waals surface area contributed by atoms with Gasteiger partial charge in [-0.15, -0.1) is 0 Å². The van der Waals surface area contributed by atoms with Gasteiger partial charge in [0.05, 0.1) is 0 Å². The Morgan fingerprint density at radius 3 is 2.65 bits per heavy atom. The molecule has 0 unspecified atom stereocenters. The lowest BCUT2D eigenvalue weighted by Gasteiger charge is -2.31. The summed E-state index contributed by atoms with van der Waals surface area (Å²) in [5.74, 6) is 0.566. The Kier molecular flexibility index (Phi) is 5.25. The number of rotatable bonds is 3. The molecule has 0 aromatic carbocycles. The Hall–Kier alpha value is -0.770. The molecule has 0 radical (unpaired) electrons. The molecule has 17 heavy (non-hydrogen) atoms. The third-order valence-corrected chi connectivity index (χ3v) is 2.91. The molecule has 0 saturated carbocycles. The van der Waals surface area contributed by atoms with Gasteiger partial charge in [0.25, 0.3) is 0 Å². The van der Waals surface area contributed by atoms with Gasteiger partial charge in [-0.25, -0.2) is 4.79 Å². The number of amides is 1. The van der Waals surface area contributed by atoms with E-state index in [1.54, 1.807) is 0 Å². The number of ether oxygens (including phenoxy) is 1. The van der Waals surface area contributed by atoms with Crippen molar-refractivity contribution in [1.82, 2.24) is 10.2 Å². The van der Waals surface area contributed by atoms with E-state index in [2.05, 4.69) is 5.32 Å². The highest BCUT2D eigenvalue weighted by atomic mass is 16.6. The number of hydrogen-bond donors (Lipinski definition) is 1. The van der Waals surface area contributed by atoms with Gasteiger partial charge in [-0.1, -0.05) is 0 Å². The summed E-state index contributed by atoms with van der Waals surface area (Å²) in [6.45, 7) is 11.3. The first-order chi connectivity index (χ1) is 7.92. The Balaban J connectivity index is 2.43. The summed E-state index contributed by atoms with van der Waals surface area (Å²) < 4.78 is 5.40. The topological polar surface area (TPSA) is 41.6 Å². The van der Waals surface area contributed by atoms with Crippen LogP contribution in [0.3, 0.4) is 0 Å². The first kappa shape index (κ1) is 14.3. The Morgan fingerprint density at radius 2 is 2.18 bits per heavy atom. The van der Waals surface area contributed by atoms with Crippen LogP contribution >= 0.6 is 0 Å². The quantitative estimate of drug-likeness (QED) is 0.825. The molecule has 4 heteroatoms. The van der Waals surface area contributed by atoms with E-state index in [0.29, 0.717) is 12.5 Å².